The molecule has 0 atom stereocenters. The number of rotatable bonds is 0. The lowest BCUT2D eigenvalue weighted by Gasteiger charge is -2.23. The molecule has 2 aliphatic carbocycles. The number of benzene rings is 7. The molecule has 0 fully saturated rings. The minimum absolute atomic E-state index is 0.121. The van der Waals surface area contributed by atoms with Crippen molar-refractivity contribution in [1.29, 1.82) is 0 Å². The molecule has 50 heavy (non-hydrogen) atoms. The number of fused-ring (bicyclic) bond motifs is 20. The first-order chi connectivity index (χ1) is 24.4. The molecule has 0 saturated carbocycles. The number of aromatic nitrogens is 2. The molecular weight excluding hydrogens is 605 g/mol. The average molecular weight is 637 g/mol. The Bertz CT molecular complexity index is 3140. The van der Waals surface area contributed by atoms with Crippen molar-refractivity contribution in [3.63, 3.8) is 0 Å². The number of hydrogen-bond donors (Lipinski definition) is 0. The van der Waals surface area contributed by atoms with Gasteiger partial charge in [0.1, 0.15) is 0 Å². The second-order valence-corrected chi connectivity index (χ2v) is 16.1. The Kier molecular flexibility index (Phi) is 4.15. The van der Waals surface area contributed by atoms with E-state index in [0.29, 0.717) is 0 Å². The highest BCUT2D eigenvalue weighted by Crippen LogP contribution is 2.58. The highest BCUT2D eigenvalue weighted by Gasteiger charge is 2.41. The molecule has 4 aromatic heterocycles. The first-order valence-electron chi connectivity index (χ1n) is 18.0. The summed E-state index contributed by atoms with van der Waals surface area (Å²) in [6, 6.07) is 46.4. The molecule has 0 radical (unpaired) electrons. The molecule has 2 heteroatoms. The van der Waals surface area contributed by atoms with Gasteiger partial charge in [-0.2, -0.15) is 0 Å². The van der Waals surface area contributed by atoms with Gasteiger partial charge in [-0.05, 0) is 80.9 Å². The normalized spacial score (nSPS) is 15.9. The van der Waals surface area contributed by atoms with E-state index in [1.165, 1.54) is 121 Å². The molecule has 0 aliphatic heterocycles. The van der Waals surface area contributed by atoms with Crippen LogP contribution in [0.2, 0.25) is 0 Å². The maximum Gasteiger partial charge on any atom is 0.0624 e. The second kappa shape index (κ2) is 7.95. The van der Waals surface area contributed by atoms with Crippen molar-refractivity contribution in [2.45, 2.75) is 38.5 Å². The Labute approximate surface area is 288 Å². The molecule has 13 rings (SSSR count). The minimum atomic E-state index is -0.121. The van der Waals surface area contributed by atoms with E-state index < -0.39 is 0 Å². The van der Waals surface area contributed by atoms with Gasteiger partial charge >= 0.3 is 0 Å². The summed E-state index contributed by atoms with van der Waals surface area (Å²) in [6.07, 6.45) is 0. The second-order valence-electron chi connectivity index (χ2n) is 16.1. The predicted octanol–water partition coefficient (Wildman–Crippen LogP) is 12.6. The van der Waals surface area contributed by atoms with Crippen LogP contribution in [-0.2, 0) is 10.8 Å². The van der Waals surface area contributed by atoms with E-state index in [-0.39, 0.29) is 10.8 Å². The maximum absolute atomic E-state index is 2.60. The number of hydrogen-bond acceptors (Lipinski definition) is 0. The van der Waals surface area contributed by atoms with Gasteiger partial charge in [-0.1, -0.05) is 113 Å². The summed E-state index contributed by atoms with van der Waals surface area (Å²) in [7, 11) is 0. The Morgan fingerprint density at radius 3 is 1.22 bits per heavy atom. The average Bonchev–Trinajstić information content (AvgIpc) is 3.93. The summed E-state index contributed by atoms with van der Waals surface area (Å²) in [5, 5.41) is 10.9. The van der Waals surface area contributed by atoms with E-state index in [1.807, 2.05) is 0 Å². The third kappa shape index (κ3) is 2.58. The van der Waals surface area contributed by atoms with Crippen molar-refractivity contribution in [2.75, 3.05) is 0 Å². The smallest absolute Gasteiger partial charge is 0.0624 e. The summed E-state index contributed by atoms with van der Waals surface area (Å²) in [5.41, 5.74) is 19.0. The zero-order valence-electron chi connectivity index (χ0n) is 28.4. The van der Waals surface area contributed by atoms with E-state index in [9.17, 15) is 0 Å². The molecule has 2 aliphatic rings. The van der Waals surface area contributed by atoms with Crippen LogP contribution in [-0.4, -0.2) is 8.80 Å². The van der Waals surface area contributed by atoms with Crippen molar-refractivity contribution < 1.29 is 0 Å². The van der Waals surface area contributed by atoms with E-state index in [1.54, 1.807) is 0 Å². The van der Waals surface area contributed by atoms with Crippen LogP contribution < -0.4 is 0 Å². The van der Waals surface area contributed by atoms with Gasteiger partial charge in [0.15, 0.2) is 0 Å². The Hall–Kier alpha value is -5.86. The van der Waals surface area contributed by atoms with Gasteiger partial charge in [0.05, 0.1) is 33.1 Å². The highest BCUT2D eigenvalue weighted by molar-refractivity contribution is 6.32. The molecule has 0 N–H and O–H groups in total. The minimum Gasteiger partial charge on any atom is -0.308 e. The van der Waals surface area contributed by atoms with Gasteiger partial charge in [0.2, 0.25) is 0 Å². The predicted molar refractivity (Wildman–Crippen MR) is 211 cm³/mol. The largest absolute Gasteiger partial charge is 0.308 e. The van der Waals surface area contributed by atoms with Crippen molar-refractivity contribution in [1.82, 2.24) is 8.80 Å². The van der Waals surface area contributed by atoms with Crippen LogP contribution in [0, 0.1) is 0 Å². The molecule has 0 bridgehead atoms. The summed E-state index contributed by atoms with van der Waals surface area (Å²) in [6.45, 7) is 9.72. The van der Waals surface area contributed by atoms with E-state index in [2.05, 4.69) is 158 Å². The molecule has 0 amide bonds. The zero-order valence-corrected chi connectivity index (χ0v) is 28.4. The van der Waals surface area contributed by atoms with Crippen molar-refractivity contribution in [2.24, 2.45) is 0 Å². The monoisotopic (exact) mass is 636 g/mol. The molecule has 2 nitrogen and oxygen atoms in total. The van der Waals surface area contributed by atoms with Gasteiger partial charge in [0.25, 0.3) is 0 Å². The Morgan fingerprint density at radius 1 is 0.360 bits per heavy atom. The molecule has 0 spiro atoms. The third-order valence-electron chi connectivity index (χ3n) is 13.1. The zero-order chi connectivity index (χ0) is 33.0. The SMILES string of the molecule is CC1(C)c2ccccc2-c2cc3c4ccccc4n4c5cc6c7c8c(cc9c%10ccccc%10n(c6cc5c(c21)c34)c97)-c1ccccc1C8(C)C. The van der Waals surface area contributed by atoms with Gasteiger partial charge < -0.3 is 8.80 Å². The van der Waals surface area contributed by atoms with E-state index in [4.69, 9.17) is 0 Å². The Balaban J connectivity index is 1.32. The topological polar surface area (TPSA) is 8.82 Å². The van der Waals surface area contributed by atoms with Crippen LogP contribution in [0.15, 0.2) is 121 Å². The van der Waals surface area contributed by atoms with E-state index in [0.717, 1.165) is 0 Å². The summed E-state index contributed by atoms with van der Waals surface area (Å²) in [5.74, 6) is 0. The van der Waals surface area contributed by atoms with Gasteiger partial charge in [-0.25, -0.2) is 0 Å². The van der Waals surface area contributed by atoms with Crippen molar-refractivity contribution >= 4 is 76.2 Å². The molecule has 234 valence electrons. The lowest BCUT2D eigenvalue weighted by molar-refractivity contribution is 0.666. The van der Waals surface area contributed by atoms with Crippen LogP contribution >= 0.6 is 0 Å². The molecule has 0 saturated heterocycles. The lowest BCUT2D eigenvalue weighted by Crippen LogP contribution is -2.15. The van der Waals surface area contributed by atoms with Crippen LogP contribution in [0.3, 0.4) is 0 Å². The van der Waals surface area contributed by atoms with E-state index >= 15 is 0 Å². The summed E-state index contributed by atoms with van der Waals surface area (Å²) in [4.78, 5) is 0. The van der Waals surface area contributed by atoms with Crippen molar-refractivity contribution in [3.8, 4) is 22.3 Å². The van der Waals surface area contributed by atoms with Crippen LogP contribution in [0.4, 0.5) is 0 Å². The molecule has 7 aromatic carbocycles. The molecule has 4 heterocycles. The fourth-order valence-electron chi connectivity index (χ4n) is 11.1. The van der Waals surface area contributed by atoms with Gasteiger partial charge in [-0.3, -0.25) is 0 Å². The number of para-hydroxylation sites is 2. The molecule has 0 unspecified atom stereocenters. The standard InChI is InChI=1S/C48H32N2/c1-47(2)35-17-9-5-13-25(35)29-21-31-27-15-7-11-19-37(27)49-39-24-34-40(23-33(39)41(43(29)47)45(31)49)50-38-20-12-8-16-28(38)32-22-30-26-14-6-10-18-36(26)48(3,4)44(30)42(34)46(32)50/h5-24H,1-4H3. The first kappa shape index (κ1) is 26.1. The quantitative estimate of drug-likeness (QED) is 0.157. The summed E-state index contributed by atoms with van der Waals surface area (Å²) < 4.78 is 5.20. The Morgan fingerprint density at radius 2 is 0.760 bits per heavy atom. The number of nitrogens with zero attached hydrogens (tertiary/aromatic N) is 2. The highest BCUT2D eigenvalue weighted by atomic mass is 14.9. The maximum atomic E-state index is 2.60. The molecule has 11 aromatic rings. The third-order valence-corrected chi connectivity index (χ3v) is 13.1. The first-order valence-corrected chi connectivity index (χ1v) is 18.0. The lowest BCUT2D eigenvalue weighted by atomic mass is 9.79. The molecular formula is C48H32N2. The summed E-state index contributed by atoms with van der Waals surface area (Å²) >= 11 is 0. The van der Waals surface area contributed by atoms with Gasteiger partial charge in [0, 0.05) is 53.9 Å². The van der Waals surface area contributed by atoms with Crippen LogP contribution in [0.1, 0.15) is 49.9 Å². The fourth-order valence-corrected chi connectivity index (χ4v) is 11.1. The van der Waals surface area contributed by atoms with Crippen LogP contribution in [0.5, 0.6) is 0 Å². The van der Waals surface area contributed by atoms with Gasteiger partial charge in [-0.15, -0.1) is 0 Å². The van der Waals surface area contributed by atoms with Crippen molar-refractivity contribution in [3.05, 3.63) is 144 Å². The van der Waals surface area contributed by atoms with Crippen LogP contribution in [0.25, 0.3) is 98.4 Å². The fraction of sp³-hybridized carbons (Fsp3) is 0.125.